The Morgan fingerprint density at radius 3 is 2.62 bits per heavy atom. The number of carbonyl (C=O) groups is 1. The van der Waals surface area contributed by atoms with Gasteiger partial charge in [-0.2, -0.15) is 0 Å². The van der Waals surface area contributed by atoms with Crippen LogP contribution in [0.2, 0.25) is 5.02 Å². The summed E-state index contributed by atoms with van der Waals surface area (Å²) in [6.07, 6.45) is -0.369. The molecular formula is C27H26ClN3O3. The third kappa shape index (κ3) is 4.52. The van der Waals surface area contributed by atoms with Crippen LogP contribution in [0.15, 0.2) is 72.8 Å². The van der Waals surface area contributed by atoms with Gasteiger partial charge in [0.1, 0.15) is 24.3 Å². The number of para-hydroxylation sites is 3. The number of imidazole rings is 1. The van der Waals surface area contributed by atoms with E-state index in [0.29, 0.717) is 30.3 Å². The number of aliphatic hydroxyl groups is 1. The molecule has 1 N–H and O–H groups in total. The van der Waals surface area contributed by atoms with E-state index in [0.717, 1.165) is 28.1 Å². The van der Waals surface area contributed by atoms with Gasteiger partial charge in [-0.05, 0) is 55.0 Å². The van der Waals surface area contributed by atoms with Crippen molar-refractivity contribution >= 4 is 34.2 Å². The molecule has 2 heterocycles. The number of hydrogen-bond donors (Lipinski definition) is 1. The SMILES string of the molecule is Cc1ccccc1N1C[C@H](c2nc3ccccc3n2C[C@H](O)COc2ccc(Cl)cc2)CC1=O. The van der Waals surface area contributed by atoms with Crippen molar-refractivity contribution in [1.82, 2.24) is 9.55 Å². The number of benzene rings is 3. The second kappa shape index (κ2) is 9.49. The van der Waals surface area contributed by atoms with Crippen LogP contribution < -0.4 is 9.64 Å². The molecule has 0 unspecified atom stereocenters. The Labute approximate surface area is 203 Å². The smallest absolute Gasteiger partial charge is 0.227 e. The zero-order chi connectivity index (χ0) is 23.7. The topological polar surface area (TPSA) is 67.6 Å². The van der Waals surface area contributed by atoms with Crippen molar-refractivity contribution in [1.29, 1.82) is 0 Å². The summed E-state index contributed by atoms with van der Waals surface area (Å²) < 4.78 is 7.78. The highest BCUT2D eigenvalue weighted by molar-refractivity contribution is 6.30. The van der Waals surface area contributed by atoms with E-state index in [4.69, 9.17) is 21.3 Å². The fraction of sp³-hybridized carbons (Fsp3) is 0.259. The van der Waals surface area contributed by atoms with E-state index >= 15 is 0 Å². The number of anilines is 1. The highest BCUT2D eigenvalue weighted by Crippen LogP contribution is 2.34. The number of ether oxygens (including phenoxy) is 1. The van der Waals surface area contributed by atoms with Gasteiger partial charge in [0.05, 0.1) is 17.6 Å². The number of hydrogen-bond acceptors (Lipinski definition) is 4. The van der Waals surface area contributed by atoms with Crippen LogP contribution in [0.25, 0.3) is 11.0 Å². The molecule has 5 rings (SSSR count). The molecule has 1 fully saturated rings. The lowest BCUT2D eigenvalue weighted by molar-refractivity contribution is -0.117. The minimum atomic E-state index is -0.753. The highest BCUT2D eigenvalue weighted by Gasteiger charge is 2.35. The maximum Gasteiger partial charge on any atom is 0.227 e. The molecule has 0 radical (unpaired) electrons. The van der Waals surface area contributed by atoms with Crippen LogP contribution in [-0.4, -0.2) is 39.8 Å². The Bertz CT molecular complexity index is 1320. The van der Waals surface area contributed by atoms with Gasteiger partial charge in [-0.1, -0.05) is 41.9 Å². The summed E-state index contributed by atoms with van der Waals surface area (Å²) in [5.74, 6) is 1.49. The van der Waals surface area contributed by atoms with Crippen molar-refractivity contribution in [3.05, 3.63) is 89.2 Å². The molecule has 0 saturated carbocycles. The zero-order valence-corrected chi connectivity index (χ0v) is 19.7. The Morgan fingerprint density at radius 1 is 1.09 bits per heavy atom. The highest BCUT2D eigenvalue weighted by atomic mass is 35.5. The van der Waals surface area contributed by atoms with Crippen LogP contribution >= 0.6 is 11.6 Å². The molecule has 1 amide bonds. The van der Waals surface area contributed by atoms with E-state index in [9.17, 15) is 9.90 Å². The molecule has 0 spiro atoms. The van der Waals surface area contributed by atoms with E-state index in [2.05, 4.69) is 0 Å². The molecule has 0 aliphatic carbocycles. The molecule has 1 saturated heterocycles. The van der Waals surface area contributed by atoms with Gasteiger partial charge in [-0.3, -0.25) is 4.79 Å². The molecule has 6 nitrogen and oxygen atoms in total. The normalized spacial score (nSPS) is 16.9. The van der Waals surface area contributed by atoms with E-state index in [-0.39, 0.29) is 18.4 Å². The molecular weight excluding hydrogens is 450 g/mol. The lowest BCUT2D eigenvalue weighted by Gasteiger charge is -2.20. The summed E-state index contributed by atoms with van der Waals surface area (Å²) >= 11 is 5.93. The van der Waals surface area contributed by atoms with Crippen LogP contribution in [0.5, 0.6) is 5.75 Å². The minimum Gasteiger partial charge on any atom is -0.491 e. The Morgan fingerprint density at radius 2 is 1.82 bits per heavy atom. The first-order chi connectivity index (χ1) is 16.5. The standard InChI is InChI=1S/C27H26ClN3O3/c1-18-6-2-4-8-24(18)30-15-19(14-26(30)33)27-29-23-7-3-5-9-25(23)31(27)16-21(32)17-34-22-12-10-20(28)11-13-22/h2-13,19,21,32H,14-17H2,1H3/t19-,21+/m1/s1. The van der Waals surface area contributed by atoms with E-state index < -0.39 is 6.10 Å². The van der Waals surface area contributed by atoms with Crippen LogP contribution in [0.4, 0.5) is 5.69 Å². The predicted molar refractivity (Wildman–Crippen MR) is 134 cm³/mol. The van der Waals surface area contributed by atoms with Crippen molar-refractivity contribution in [2.24, 2.45) is 0 Å². The minimum absolute atomic E-state index is 0.0658. The van der Waals surface area contributed by atoms with Gasteiger partial charge in [-0.25, -0.2) is 4.98 Å². The number of aryl methyl sites for hydroxylation is 1. The molecule has 1 aliphatic heterocycles. The first-order valence-electron chi connectivity index (χ1n) is 11.4. The molecule has 0 bridgehead atoms. The molecule has 4 aromatic rings. The summed E-state index contributed by atoms with van der Waals surface area (Å²) in [5, 5.41) is 11.4. The fourth-order valence-corrected chi connectivity index (χ4v) is 4.69. The van der Waals surface area contributed by atoms with Crippen molar-refractivity contribution in [2.75, 3.05) is 18.1 Å². The quantitative estimate of drug-likeness (QED) is 0.410. The van der Waals surface area contributed by atoms with Crippen LogP contribution in [0.3, 0.4) is 0 Å². The van der Waals surface area contributed by atoms with E-state index in [1.54, 1.807) is 24.3 Å². The van der Waals surface area contributed by atoms with Gasteiger partial charge in [0.2, 0.25) is 5.91 Å². The first-order valence-corrected chi connectivity index (χ1v) is 11.7. The average Bonchev–Trinajstić information content (AvgIpc) is 3.39. The second-order valence-corrected chi connectivity index (χ2v) is 9.12. The lowest BCUT2D eigenvalue weighted by atomic mass is 10.1. The summed E-state index contributed by atoms with van der Waals surface area (Å²) in [7, 11) is 0. The Hall–Kier alpha value is -3.35. The average molecular weight is 476 g/mol. The van der Waals surface area contributed by atoms with Crippen LogP contribution in [0, 0.1) is 6.92 Å². The van der Waals surface area contributed by atoms with Crippen LogP contribution in [0.1, 0.15) is 23.7 Å². The summed E-state index contributed by atoms with van der Waals surface area (Å²) in [6, 6.07) is 22.8. The molecule has 7 heteroatoms. The summed E-state index contributed by atoms with van der Waals surface area (Å²) in [5.41, 5.74) is 3.80. The van der Waals surface area contributed by atoms with Crippen molar-refractivity contribution < 1.29 is 14.6 Å². The number of halogens is 1. The van der Waals surface area contributed by atoms with E-state index in [1.807, 2.05) is 64.9 Å². The lowest BCUT2D eigenvalue weighted by Crippen LogP contribution is -2.27. The number of aromatic nitrogens is 2. The molecule has 2 atom stereocenters. The monoisotopic (exact) mass is 475 g/mol. The van der Waals surface area contributed by atoms with Gasteiger partial charge in [0, 0.05) is 29.6 Å². The number of amides is 1. The number of nitrogens with zero attached hydrogens (tertiary/aromatic N) is 3. The van der Waals surface area contributed by atoms with Crippen molar-refractivity contribution in [3.63, 3.8) is 0 Å². The Kier molecular flexibility index (Phi) is 6.26. The Balaban J connectivity index is 1.38. The fourth-order valence-electron chi connectivity index (χ4n) is 4.56. The van der Waals surface area contributed by atoms with Crippen molar-refractivity contribution in [2.45, 2.75) is 31.9 Å². The number of rotatable bonds is 7. The second-order valence-electron chi connectivity index (χ2n) is 8.68. The zero-order valence-electron chi connectivity index (χ0n) is 18.9. The van der Waals surface area contributed by atoms with E-state index in [1.165, 1.54) is 0 Å². The number of carbonyl (C=O) groups excluding carboxylic acids is 1. The maximum absolute atomic E-state index is 13.0. The first kappa shape index (κ1) is 22.4. The number of aliphatic hydroxyl groups excluding tert-OH is 1. The maximum atomic E-state index is 13.0. The summed E-state index contributed by atoms with van der Waals surface area (Å²) in [4.78, 5) is 19.7. The van der Waals surface area contributed by atoms with Gasteiger partial charge >= 0.3 is 0 Å². The molecule has 174 valence electrons. The third-order valence-electron chi connectivity index (χ3n) is 6.23. The van der Waals surface area contributed by atoms with Gasteiger partial charge in [0.15, 0.2) is 0 Å². The van der Waals surface area contributed by atoms with Gasteiger partial charge in [-0.15, -0.1) is 0 Å². The van der Waals surface area contributed by atoms with Crippen LogP contribution in [-0.2, 0) is 11.3 Å². The summed E-state index contributed by atoms with van der Waals surface area (Å²) in [6.45, 7) is 3.03. The third-order valence-corrected chi connectivity index (χ3v) is 6.48. The molecule has 3 aromatic carbocycles. The number of fused-ring (bicyclic) bond motifs is 1. The molecule has 34 heavy (non-hydrogen) atoms. The molecule has 1 aromatic heterocycles. The van der Waals surface area contributed by atoms with Crippen molar-refractivity contribution in [3.8, 4) is 5.75 Å². The molecule has 1 aliphatic rings. The van der Waals surface area contributed by atoms with Gasteiger partial charge < -0.3 is 19.3 Å². The largest absolute Gasteiger partial charge is 0.491 e. The van der Waals surface area contributed by atoms with Gasteiger partial charge in [0.25, 0.3) is 0 Å². The predicted octanol–water partition coefficient (Wildman–Crippen LogP) is 4.96.